The molecule has 2 aromatic rings. The number of nitrogens with zero attached hydrogens (tertiary/aromatic N) is 2. The number of carbonyl (C=O) groups is 1. The lowest BCUT2D eigenvalue weighted by Gasteiger charge is -2.30. The number of hydrogen-bond donors (Lipinski definition) is 0. The molecule has 0 aliphatic carbocycles. The van der Waals surface area contributed by atoms with Gasteiger partial charge in [0, 0.05) is 30.8 Å². The summed E-state index contributed by atoms with van der Waals surface area (Å²) in [7, 11) is -3.26. The molecule has 1 aliphatic heterocycles. The van der Waals surface area contributed by atoms with Crippen LogP contribution in [0.1, 0.15) is 47.6 Å². The fourth-order valence-corrected chi connectivity index (χ4v) is 3.92. The minimum absolute atomic E-state index is 0.0348. The van der Waals surface area contributed by atoms with E-state index in [0.29, 0.717) is 12.1 Å². The summed E-state index contributed by atoms with van der Waals surface area (Å²) < 4.78 is 23.2. The van der Waals surface area contributed by atoms with Crippen molar-refractivity contribution in [3.8, 4) is 0 Å². The van der Waals surface area contributed by atoms with Crippen molar-refractivity contribution in [3.05, 3.63) is 59.9 Å². The Morgan fingerprint density at radius 3 is 2.36 bits per heavy atom. The first-order valence-electron chi connectivity index (χ1n) is 8.48. The molecule has 1 saturated heterocycles. The van der Waals surface area contributed by atoms with E-state index >= 15 is 0 Å². The summed E-state index contributed by atoms with van der Waals surface area (Å²) in [5.74, 6) is -0.0521. The van der Waals surface area contributed by atoms with Gasteiger partial charge in [-0.3, -0.25) is 9.78 Å². The molecule has 6 heteroatoms. The summed E-state index contributed by atoms with van der Waals surface area (Å²) in [6, 6.07) is 10.2. The van der Waals surface area contributed by atoms with Crippen LogP contribution < -0.4 is 0 Å². The number of carbonyl (C=O) groups excluding carboxylic acids is 1. The van der Waals surface area contributed by atoms with Crippen molar-refractivity contribution >= 4 is 15.7 Å². The number of likely N-dealkylation sites (tertiary alicyclic amines) is 1. The minimum atomic E-state index is -3.26. The molecule has 1 atom stereocenters. The van der Waals surface area contributed by atoms with E-state index in [1.54, 1.807) is 24.5 Å². The molecule has 1 aromatic carbocycles. The van der Waals surface area contributed by atoms with E-state index in [1.165, 1.54) is 12.1 Å². The number of pyridine rings is 1. The smallest absolute Gasteiger partial charge is 0.254 e. The van der Waals surface area contributed by atoms with Crippen LogP contribution in [-0.2, 0) is 9.84 Å². The molecule has 0 spiro atoms. The van der Waals surface area contributed by atoms with Crippen LogP contribution in [0.2, 0.25) is 0 Å². The predicted octanol–water partition coefficient (Wildman–Crippen LogP) is 3.24. The van der Waals surface area contributed by atoms with Crippen molar-refractivity contribution in [2.75, 3.05) is 12.8 Å². The van der Waals surface area contributed by atoms with Crippen LogP contribution in [-0.4, -0.2) is 37.0 Å². The largest absolute Gasteiger partial charge is 0.332 e. The number of sulfone groups is 1. The summed E-state index contributed by atoms with van der Waals surface area (Å²) in [6.45, 7) is 0.708. The Morgan fingerprint density at radius 1 is 1.04 bits per heavy atom. The van der Waals surface area contributed by atoms with E-state index in [-0.39, 0.29) is 16.8 Å². The van der Waals surface area contributed by atoms with E-state index in [4.69, 9.17) is 0 Å². The van der Waals surface area contributed by atoms with Gasteiger partial charge in [-0.25, -0.2) is 8.42 Å². The van der Waals surface area contributed by atoms with E-state index in [9.17, 15) is 13.2 Å². The van der Waals surface area contributed by atoms with Gasteiger partial charge in [-0.1, -0.05) is 12.8 Å². The normalized spacial score (nSPS) is 18.6. The van der Waals surface area contributed by atoms with Gasteiger partial charge in [-0.15, -0.1) is 0 Å². The fraction of sp³-hybridized carbons (Fsp3) is 0.368. The second-order valence-corrected chi connectivity index (χ2v) is 8.46. The summed E-state index contributed by atoms with van der Waals surface area (Å²) >= 11 is 0. The average Bonchev–Trinajstić information content (AvgIpc) is 2.87. The first kappa shape index (κ1) is 17.6. The maximum Gasteiger partial charge on any atom is 0.254 e. The lowest BCUT2D eigenvalue weighted by molar-refractivity contribution is 0.0680. The Kier molecular flexibility index (Phi) is 5.18. The van der Waals surface area contributed by atoms with Crippen LogP contribution in [0.5, 0.6) is 0 Å². The Hall–Kier alpha value is -2.21. The second-order valence-electron chi connectivity index (χ2n) is 6.44. The SMILES string of the molecule is CS(=O)(=O)c1ccc(C(=O)N2CCCCC[C@H]2c2ccncc2)cc1. The molecule has 0 N–H and O–H groups in total. The lowest BCUT2D eigenvalue weighted by Crippen LogP contribution is -2.34. The van der Waals surface area contributed by atoms with Crippen molar-refractivity contribution in [3.63, 3.8) is 0 Å². The average molecular weight is 358 g/mol. The first-order valence-corrected chi connectivity index (χ1v) is 10.4. The van der Waals surface area contributed by atoms with Crippen molar-refractivity contribution in [2.45, 2.75) is 36.6 Å². The van der Waals surface area contributed by atoms with Crippen LogP contribution in [0.25, 0.3) is 0 Å². The van der Waals surface area contributed by atoms with E-state index in [1.807, 2.05) is 17.0 Å². The van der Waals surface area contributed by atoms with Crippen LogP contribution in [0.15, 0.2) is 53.7 Å². The van der Waals surface area contributed by atoms with Crippen LogP contribution >= 0.6 is 0 Å². The Bertz CT molecular complexity index is 833. The summed E-state index contributed by atoms with van der Waals surface area (Å²) in [4.78, 5) is 19.3. The molecule has 132 valence electrons. The summed E-state index contributed by atoms with van der Waals surface area (Å²) in [6.07, 6.45) is 8.78. The predicted molar refractivity (Wildman–Crippen MR) is 96.0 cm³/mol. The van der Waals surface area contributed by atoms with Crippen molar-refractivity contribution in [1.82, 2.24) is 9.88 Å². The standard InChI is InChI=1S/C19H22N2O3S/c1-25(23,24)17-8-6-16(7-9-17)19(22)21-14-4-2-3-5-18(21)15-10-12-20-13-11-15/h6-13,18H,2-5,14H2,1H3/t18-/m0/s1. The van der Waals surface area contributed by atoms with Gasteiger partial charge in [0.05, 0.1) is 10.9 Å². The molecule has 3 rings (SSSR count). The molecule has 0 bridgehead atoms. The molecule has 25 heavy (non-hydrogen) atoms. The molecular weight excluding hydrogens is 336 g/mol. The second kappa shape index (κ2) is 7.35. The quantitative estimate of drug-likeness (QED) is 0.845. The zero-order valence-electron chi connectivity index (χ0n) is 14.3. The van der Waals surface area contributed by atoms with Crippen LogP contribution in [0.4, 0.5) is 0 Å². The molecule has 0 unspecified atom stereocenters. The third-order valence-corrected chi connectivity index (χ3v) is 5.76. The highest BCUT2D eigenvalue weighted by Gasteiger charge is 2.27. The van der Waals surface area contributed by atoms with Gasteiger partial charge in [0.1, 0.15) is 0 Å². The molecule has 2 heterocycles. The van der Waals surface area contributed by atoms with Crippen LogP contribution in [0, 0.1) is 0 Å². The molecule has 0 saturated carbocycles. The van der Waals surface area contributed by atoms with E-state index < -0.39 is 9.84 Å². The van der Waals surface area contributed by atoms with Gasteiger partial charge in [-0.2, -0.15) is 0 Å². The first-order chi connectivity index (χ1) is 12.0. The third-order valence-electron chi connectivity index (χ3n) is 4.63. The van der Waals surface area contributed by atoms with Gasteiger partial charge < -0.3 is 4.90 Å². The van der Waals surface area contributed by atoms with Gasteiger partial charge >= 0.3 is 0 Å². The highest BCUT2D eigenvalue weighted by Crippen LogP contribution is 2.31. The van der Waals surface area contributed by atoms with Gasteiger partial charge in [0.25, 0.3) is 5.91 Å². The number of aromatic nitrogens is 1. The summed E-state index contributed by atoms with van der Waals surface area (Å²) in [5, 5.41) is 0. The number of benzene rings is 1. The van der Waals surface area contributed by atoms with Gasteiger partial charge in [-0.05, 0) is 54.8 Å². The highest BCUT2D eigenvalue weighted by atomic mass is 32.2. The van der Waals surface area contributed by atoms with Gasteiger partial charge in [0.15, 0.2) is 9.84 Å². The molecule has 1 amide bonds. The topological polar surface area (TPSA) is 67.3 Å². The maximum absolute atomic E-state index is 13.1. The number of amides is 1. The lowest BCUT2D eigenvalue weighted by atomic mass is 10.0. The minimum Gasteiger partial charge on any atom is -0.332 e. The number of rotatable bonds is 3. The molecule has 1 aliphatic rings. The third kappa shape index (κ3) is 4.07. The van der Waals surface area contributed by atoms with Crippen molar-refractivity contribution < 1.29 is 13.2 Å². The summed E-state index contributed by atoms with van der Waals surface area (Å²) in [5.41, 5.74) is 1.62. The number of hydrogen-bond acceptors (Lipinski definition) is 4. The van der Waals surface area contributed by atoms with Crippen molar-refractivity contribution in [2.24, 2.45) is 0 Å². The zero-order valence-corrected chi connectivity index (χ0v) is 15.1. The molecule has 1 aromatic heterocycles. The molecule has 0 radical (unpaired) electrons. The van der Waals surface area contributed by atoms with E-state index in [2.05, 4.69) is 4.98 Å². The maximum atomic E-state index is 13.1. The Morgan fingerprint density at radius 2 is 1.72 bits per heavy atom. The van der Waals surface area contributed by atoms with Crippen molar-refractivity contribution in [1.29, 1.82) is 0 Å². The molecule has 1 fully saturated rings. The Labute approximate surface area is 148 Å². The highest BCUT2D eigenvalue weighted by molar-refractivity contribution is 7.90. The van der Waals surface area contributed by atoms with E-state index in [0.717, 1.165) is 37.5 Å². The zero-order chi connectivity index (χ0) is 17.9. The fourth-order valence-electron chi connectivity index (χ4n) is 3.29. The Balaban J connectivity index is 1.90. The molecule has 5 nitrogen and oxygen atoms in total. The van der Waals surface area contributed by atoms with Crippen LogP contribution in [0.3, 0.4) is 0 Å². The monoisotopic (exact) mass is 358 g/mol. The van der Waals surface area contributed by atoms with Gasteiger partial charge in [0.2, 0.25) is 0 Å². The molecular formula is C19H22N2O3S.